The van der Waals surface area contributed by atoms with E-state index < -0.39 is 0 Å². The number of esters is 1. The summed E-state index contributed by atoms with van der Waals surface area (Å²) >= 11 is 0. The van der Waals surface area contributed by atoms with Gasteiger partial charge < -0.3 is 4.74 Å². The van der Waals surface area contributed by atoms with Crippen molar-refractivity contribution in [3.8, 4) is 0 Å². The summed E-state index contributed by atoms with van der Waals surface area (Å²) < 4.78 is 4.85. The number of hydrogen-bond acceptors (Lipinski definition) is 3. The van der Waals surface area contributed by atoms with Crippen LogP contribution in [0.2, 0.25) is 0 Å². The van der Waals surface area contributed by atoms with Gasteiger partial charge >= 0.3 is 5.97 Å². The average molecular weight is 233 g/mol. The van der Waals surface area contributed by atoms with Crippen LogP contribution in [-0.4, -0.2) is 19.1 Å². The Hall–Kier alpha value is -1.35. The van der Waals surface area contributed by atoms with Crippen LogP contribution in [0.5, 0.6) is 0 Å². The lowest BCUT2D eigenvalue weighted by atomic mass is 10.1. The van der Waals surface area contributed by atoms with Gasteiger partial charge in [-0.15, -0.1) is 0 Å². The van der Waals surface area contributed by atoms with E-state index >= 15 is 0 Å². The molecule has 2 rings (SSSR count). The predicted octanol–water partition coefficient (Wildman–Crippen LogP) is 2.29. The first-order valence-corrected chi connectivity index (χ1v) is 6.11. The van der Waals surface area contributed by atoms with Gasteiger partial charge in [-0.25, -0.2) is 0 Å². The Morgan fingerprint density at radius 1 is 1.35 bits per heavy atom. The van der Waals surface area contributed by atoms with Crippen LogP contribution in [0.4, 0.5) is 0 Å². The van der Waals surface area contributed by atoms with E-state index in [0.29, 0.717) is 5.92 Å². The third kappa shape index (κ3) is 3.07. The largest absolute Gasteiger partial charge is 0.468 e. The number of benzene rings is 1. The molecule has 0 spiro atoms. The van der Waals surface area contributed by atoms with Crippen molar-refractivity contribution in [3.05, 3.63) is 35.9 Å². The molecular weight excluding hydrogens is 214 g/mol. The number of carbonyl (C=O) groups excluding carboxylic acids is 1. The van der Waals surface area contributed by atoms with Gasteiger partial charge in [0.2, 0.25) is 0 Å². The molecule has 0 amide bonds. The fourth-order valence-corrected chi connectivity index (χ4v) is 2.06. The molecule has 0 heterocycles. The van der Waals surface area contributed by atoms with Gasteiger partial charge in [-0.2, -0.15) is 0 Å². The van der Waals surface area contributed by atoms with Gasteiger partial charge in [-0.1, -0.05) is 30.3 Å². The van der Waals surface area contributed by atoms with Crippen LogP contribution in [0.1, 0.15) is 31.4 Å². The monoisotopic (exact) mass is 233 g/mol. The van der Waals surface area contributed by atoms with Gasteiger partial charge in [0, 0.05) is 6.04 Å². The minimum Gasteiger partial charge on any atom is -0.468 e. The summed E-state index contributed by atoms with van der Waals surface area (Å²) in [7, 11) is 1.45. The fraction of sp³-hybridized carbons (Fsp3) is 0.500. The Morgan fingerprint density at radius 2 is 2.00 bits per heavy atom. The molecule has 1 N–H and O–H groups in total. The molecule has 92 valence electrons. The van der Waals surface area contributed by atoms with Crippen LogP contribution >= 0.6 is 0 Å². The molecule has 0 saturated heterocycles. The van der Waals surface area contributed by atoms with Crippen molar-refractivity contribution in [1.82, 2.24) is 5.32 Å². The molecule has 1 aromatic rings. The maximum atomic E-state index is 11.7. The fourth-order valence-electron chi connectivity index (χ4n) is 2.06. The van der Waals surface area contributed by atoms with E-state index in [1.807, 2.05) is 18.2 Å². The second-order valence-corrected chi connectivity index (χ2v) is 4.64. The average Bonchev–Trinajstić information content (AvgIpc) is 3.20. The smallest absolute Gasteiger partial charge is 0.323 e. The zero-order valence-electron chi connectivity index (χ0n) is 10.3. The number of nitrogens with one attached hydrogen (secondary N) is 1. The van der Waals surface area contributed by atoms with Gasteiger partial charge in [0.05, 0.1) is 7.11 Å². The quantitative estimate of drug-likeness (QED) is 0.793. The molecule has 1 aromatic carbocycles. The third-order valence-electron chi connectivity index (χ3n) is 3.28. The molecular formula is C14H19NO2. The SMILES string of the molecule is COC(=O)C(N[C@H](C)c1ccccc1)C1CC1. The maximum absolute atomic E-state index is 11.7. The second-order valence-electron chi connectivity index (χ2n) is 4.64. The van der Waals surface area contributed by atoms with Gasteiger partial charge in [-0.05, 0) is 31.2 Å². The summed E-state index contributed by atoms with van der Waals surface area (Å²) in [5.41, 5.74) is 1.20. The van der Waals surface area contributed by atoms with E-state index in [9.17, 15) is 4.79 Å². The molecule has 1 unspecified atom stereocenters. The zero-order chi connectivity index (χ0) is 12.3. The molecule has 3 nitrogen and oxygen atoms in total. The van der Waals surface area contributed by atoms with Crippen molar-refractivity contribution in [2.45, 2.75) is 31.8 Å². The molecule has 0 bridgehead atoms. The van der Waals surface area contributed by atoms with Crippen LogP contribution in [0.15, 0.2) is 30.3 Å². The molecule has 17 heavy (non-hydrogen) atoms. The van der Waals surface area contributed by atoms with Crippen molar-refractivity contribution in [1.29, 1.82) is 0 Å². The number of rotatable bonds is 5. The summed E-state index contributed by atoms with van der Waals surface area (Å²) in [6.45, 7) is 2.08. The topological polar surface area (TPSA) is 38.3 Å². The summed E-state index contributed by atoms with van der Waals surface area (Å²) in [5.74, 6) is 0.309. The van der Waals surface area contributed by atoms with Gasteiger partial charge in [0.15, 0.2) is 0 Å². The highest BCUT2D eigenvalue weighted by molar-refractivity contribution is 5.76. The molecule has 0 aliphatic heterocycles. The van der Waals surface area contributed by atoms with Crippen molar-refractivity contribution >= 4 is 5.97 Å². The molecule has 1 fully saturated rings. The first-order valence-electron chi connectivity index (χ1n) is 6.11. The van der Waals surface area contributed by atoms with Crippen LogP contribution in [0.25, 0.3) is 0 Å². The number of hydrogen-bond donors (Lipinski definition) is 1. The summed E-state index contributed by atoms with van der Waals surface area (Å²) in [4.78, 5) is 11.7. The van der Waals surface area contributed by atoms with E-state index in [1.54, 1.807) is 0 Å². The van der Waals surface area contributed by atoms with E-state index in [1.165, 1.54) is 12.7 Å². The highest BCUT2D eigenvalue weighted by Crippen LogP contribution is 2.34. The minimum absolute atomic E-state index is 0.143. The maximum Gasteiger partial charge on any atom is 0.323 e. The lowest BCUT2D eigenvalue weighted by Crippen LogP contribution is -2.40. The lowest BCUT2D eigenvalue weighted by molar-refractivity contribution is -0.144. The molecule has 1 aliphatic carbocycles. The van der Waals surface area contributed by atoms with Crippen molar-refractivity contribution in [2.75, 3.05) is 7.11 Å². The zero-order valence-corrected chi connectivity index (χ0v) is 10.3. The normalized spacial score (nSPS) is 18.5. The Bertz CT molecular complexity index is 373. The van der Waals surface area contributed by atoms with E-state index in [4.69, 9.17) is 4.74 Å². The van der Waals surface area contributed by atoms with Crippen molar-refractivity contribution < 1.29 is 9.53 Å². The first-order chi connectivity index (χ1) is 8.22. The van der Waals surface area contributed by atoms with Crippen molar-refractivity contribution in [2.24, 2.45) is 5.92 Å². The van der Waals surface area contributed by atoms with Crippen LogP contribution < -0.4 is 5.32 Å². The second kappa shape index (κ2) is 5.32. The summed E-state index contributed by atoms with van der Waals surface area (Å²) in [6, 6.07) is 10.2. The third-order valence-corrected chi connectivity index (χ3v) is 3.28. The van der Waals surface area contributed by atoms with Gasteiger partial charge in [0.1, 0.15) is 6.04 Å². The lowest BCUT2D eigenvalue weighted by Gasteiger charge is -2.21. The molecule has 3 heteroatoms. The van der Waals surface area contributed by atoms with E-state index in [2.05, 4.69) is 24.4 Å². The number of carbonyl (C=O) groups is 1. The molecule has 1 saturated carbocycles. The highest BCUT2D eigenvalue weighted by atomic mass is 16.5. The Balaban J connectivity index is 2.00. The van der Waals surface area contributed by atoms with Crippen LogP contribution in [0.3, 0.4) is 0 Å². The Kier molecular flexibility index (Phi) is 3.79. The number of methoxy groups -OCH3 is 1. The minimum atomic E-state index is -0.157. The van der Waals surface area contributed by atoms with Gasteiger partial charge in [0.25, 0.3) is 0 Å². The molecule has 0 radical (unpaired) electrons. The Labute approximate surface area is 102 Å². The predicted molar refractivity (Wildman–Crippen MR) is 66.5 cm³/mol. The van der Waals surface area contributed by atoms with E-state index in [0.717, 1.165) is 12.8 Å². The van der Waals surface area contributed by atoms with Crippen LogP contribution in [0, 0.1) is 5.92 Å². The van der Waals surface area contributed by atoms with E-state index in [-0.39, 0.29) is 18.1 Å². The Morgan fingerprint density at radius 3 is 2.53 bits per heavy atom. The van der Waals surface area contributed by atoms with Gasteiger partial charge in [-0.3, -0.25) is 10.1 Å². The first kappa shape index (κ1) is 12.1. The number of ether oxygens (including phenoxy) is 1. The highest BCUT2D eigenvalue weighted by Gasteiger charge is 2.37. The molecule has 2 atom stereocenters. The van der Waals surface area contributed by atoms with Crippen molar-refractivity contribution in [3.63, 3.8) is 0 Å². The molecule has 0 aromatic heterocycles. The molecule has 1 aliphatic rings. The standard InChI is InChI=1S/C14H19NO2/c1-10(11-6-4-3-5-7-11)15-13(12-8-9-12)14(16)17-2/h3-7,10,12-13,15H,8-9H2,1-2H3/t10-,13?/m1/s1. The van der Waals surface area contributed by atoms with Crippen LogP contribution in [-0.2, 0) is 9.53 Å². The summed E-state index contributed by atoms with van der Waals surface area (Å²) in [6.07, 6.45) is 2.24. The summed E-state index contributed by atoms with van der Waals surface area (Å²) in [5, 5.41) is 3.37.